The third kappa shape index (κ3) is 1.30. The summed E-state index contributed by atoms with van der Waals surface area (Å²) in [7, 11) is 0. The van der Waals surface area contributed by atoms with Gasteiger partial charge in [0.05, 0.1) is 6.04 Å². The standard InChI is InChI=1S/C9H13NO2/c11-7-10-8-6-9(8)2-1-4-12-5-3-9/h8H,1-6H2. The summed E-state index contributed by atoms with van der Waals surface area (Å²) in [6.45, 7) is 1.71. The topological polar surface area (TPSA) is 38.7 Å². The van der Waals surface area contributed by atoms with E-state index < -0.39 is 0 Å². The van der Waals surface area contributed by atoms with Crippen LogP contribution in [0.25, 0.3) is 0 Å². The first-order chi connectivity index (χ1) is 5.87. The Morgan fingerprint density at radius 3 is 3.17 bits per heavy atom. The van der Waals surface area contributed by atoms with Crippen LogP contribution in [-0.4, -0.2) is 25.3 Å². The average molecular weight is 167 g/mol. The Kier molecular flexibility index (Phi) is 1.99. The summed E-state index contributed by atoms with van der Waals surface area (Å²) in [4.78, 5) is 13.8. The highest BCUT2D eigenvalue weighted by atomic mass is 16.5. The summed E-state index contributed by atoms with van der Waals surface area (Å²) in [5, 5.41) is 0. The third-order valence-corrected chi connectivity index (χ3v) is 3.06. The molecule has 1 aliphatic carbocycles. The largest absolute Gasteiger partial charge is 0.381 e. The van der Waals surface area contributed by atoms with Crippen molar-refractivity contribution in [2.75, 3.05) is 13.2 Å². The van der Waals surface area contributed by atoms with Crippen molar-refractivity contribution in [3.8, 4) is 0 Å². The second-order valence-electron chi connectivity index (χ2n) is 3.77. The van der Waals surface area contributed by atoms with Gasteiger partial charge in [-0.15, -0.1) is 0 Å². The predicted molar refractivity (Wildman–Crippen MR) is 43.6 cm³/mol. The lowest BCUT2D eigenvalue weighted by Crippen LogP contribution is -2.05. The van der Waals surface area contributed by atoms with E-state index in [4.69, 9.17) is 4.74 Å². The number of rotatable bonds is 1. The molecule has 2 atom stereocenters. The molecule has 2 rings (SSSR count). The Hall–Kier alpha value is -0.660. The molecule has 1 saturated carbocycles. The maximum absolute atomic E-state index is 10.0. The van der Waals surface area contributed by atoms with E-state index in [1.54, 1.807) is 6.08 Å². The number of aliphatic imine (C=N–C) groups is 1. The van der Waals surface area contributed by atoms with Gasteiger partial charge in [0, 0.05) is 13.2 Å². The summed E-state index contributed by atoms with van der Waals surface area (Å²) in [5.41, 5.74) is 0.327. The maximum Gasteiger partial charge on any atom is 0.235 e. The number of nitrogens with zero attached hydrogens (tertiary/aromatic N) is 1. The molecule has 2 aliphatic rings. The van der Waals surface area contributed by atoms with Crippen molar-refractivity contribution in [3.63, 3.8) is 0 Å². The quantitative estimate of drug-likeness (QED) is 0.436. The van der Waals surface area contributed by atoms with Gasteiger partial charge in [-0.05, 0) is 31.1 Å². The van der Waals surface area contributed by atoms with Crippen LogP contribution in [0.4, 0.5) is 0 Å². The van der Waals surface area contributed by atoms with E-state index >= 15 is 0 Å². The molecule has 1 aliphatic heterocycles. The van der Waals surface area contributed by atoms with E-state index in [2.05, 4.69) is 4.99 Å². The van der Waals surface area contributed by atoms with E-state index in [9.17, 15) is 4.79 Å². The summed E-state index contributed by atoms with van der Waals surface area (Å²) in [5.74, 6) is 0. The number of ether oxygens (including phenoxy) is 1. The van der Waals surface area contributed by atoms with Crippen LogP contribution in [0, 0.1) is 5.41 Å². The number of isocyanates is 1. The Labute approximate surface area is 71.8 Å². The van der Waals surface area contributed by atoms with Crippen molar-refractivity contribution in [2.45, 2.75) is 31.7 Å². The van der Waals surface area contributed by atoms with Crippen molar-refractivity contribution in [2.24, 2.45) is 10.4 Å². The molecule has 0 aromatic heterocycles. The molecule has 1 saturated heterocycles. The molecule has 0 radical (unpaired) electrons. The van der Waals surface area contributed by atoms with Crippen molar-refractivity contribution in [3.05, 3.63) is 0 Å². The summed E-state index contributed by atoms with van der Waals surface area (Å²) >= 11 is 0. The minimum Gasteiger partial charge on any atom is -0.381 e. The van der Waals surface area contributed by atoms with Gasteiger partial charge in [0.2, 0.25) is 6.08 Å². The van der Waals surface area contributed by atoms with Gasteiger partial charge in [-0.3, -0.25) is 0 Å². The van der Waals surface area contributed by atoms with Crippen molar-refractivity contribution >= 4 is 6.08 Å². The highest BCUT2D eigenvalue weighted by Crippen LogP contribution is 2.55. The highest BCUT2D eigenvalue weighted by Gasteiger charge is 2.53. The number of hydrogen-bond acceptors (Lipinski definition) is 3. The monoisotopic (exact) mass is 167 g/mol. The molecule has 2 unspecified atom stereocenters. The molecule has 0 amide bonds. The zero-order chi connectivity index (χ0) is 8.44. The molecule has 1 spiro atoms. The minimum atomic E-state index is 0.261. The molecule has 0 aromatic rings. The zero-order valence-corrected chi connectivity index (χ0v) is 7.08. The highest BCUT2D eigenvalue weighted by molar-refractivity contribution is 5.35. The Morgan fingerprint density at radius 1 is 1.42 bits per heavy atom. The molecule has 2 fully saturated rings. The van der Waals surface area contributed by atoms with E-state index in [-0.39, 0.29) is 6.04 Å². The van der Waals surface area contributed by atoms with Crippen molar-refractivity contribution in [1.29, 1.82) is 0 Å². The lowest BCUT2D eigenvalue weighted by atomic mass is 9.97. The molecule has 66 valence electrons. The fourth-order valence-electron chi connectivity index (χ4n) is 2.14. The summed E-state index contributed by atoms with van der Waals surface area (Å²) in [6.07, 6.45) is 6.09. The van der Waals surface area contributed by atoms with Crippen molar-refractivity contribution in [1.82, 2.24) is 0 Å². The van der Waals surface area contributed by atoms with E-state index in [0.29, 0.717) is 5.41 Å². The van der Waals surface area contributed by atoms with Crippen molar-refractivity contribution < 1.29 is 9.53 Å². The SMILES string of the molecule is O=C=NC1CC12CCCOCC2. The predicted octanol–water partition coefficient (Wildman–Crippen LogP) is 1.28. The van der Waals surface area contributed by atoms with E-state index in [1.165, 1.54) is 6.42 Å². The zero-order valence-electron chi connectivity index (χ0n) is 7.08. The third-order valence-electron chi connectivity index (χ3n) is 3.06. The van der Waals surface area contributed by atoms with Gasteiger partial charge in [-0.1, -0.05) is 0 Å². The first-order valence-electron chi connectivity index (χ1n) is 4.52. The Balaban J connectivity index is 1.98. The van der Waals surface area contributed by atoms with Crippen LogP contribution < -0.4 is 0 Å². The molecule has 0 N–H and O–H groups in total. The van der Waals surface area contributed by atoms with Gasteiger partial charge in [0.25, 0.3) is 0 Å². The van der Waals surface area contributed by atoms with Gasteiger partial charge in [0.1, 0.15) is 0 Å². The Bertz CT molecular complexity index is 213. The molecule has 3 nitrogen and oxygen atoms in total. The van der Waals surface area contributed by atoms with Crippen LogP contribution in [0.3, 0.4) is 0 Å². The maximum atomic E-state index is 10.0. The minimum absolute atomic E-state index is 0.261. The fraction of sp³-hybridized carbons (Fsp3) is 0.889. The summed E-state index contributed by atoms with van der Waals surface area (Å²) < 4.78 is 5.36. The van der Waals surface area contributed by atoms with Crippen LogP contribution in [-0.2, 0) is 9.53 Å². The van der Waals surface area contributed by atoms with Gasteiger partial charge < -0.3 is 4.74 Å². The number of carbonyl (C=O) groups excluding carboxylic acids is 1. The molecular formula is C9H13NO2. The average Bonchev–Trinajstić information content (AvgIpc) is 2.79. The summed E-state index contributed by atoms with van der Waals surface area (Å²) in [6, 6.07) is 0.261. The lowest BCUT2D eigenvalue weighted by molar-refractivity contribution is 0.140. The Morgan fingerprint density at radius 2 is 2.33 bits per heavy atom. The molecular weight excluding hydrogens is 154 g/mol. The number of hydrogen-bond donors (Lipinski definition) is 0. The van der Waals surface area contributed by atoms with E-state index in [0.717, 1.165) is 32.5 Å². The fourth-order valence-corrected chi connectivity index (χ4v) is 2.14. The smallest absolute Gasteiger partial charge is 0.235 e. The van der Waals surface area contributed by atoms with E-state index in [1.807, 2.05) is 0 Å². The second kappa shape index (κ2) is 3.00. The normalized spacial score (nSPS) is 40.2. The van der Waals surface area contributed by atoms with Crippen LogP contribution in [0.1, 0.15) is 25.7 Å². The van der Waals surface area contributed by atoms with Gasteiger partial charge >= 0.3 is 0 Å². The molecule has 0 bridgehead atoms. The van der Waals surface area contributed by atoms with Crippen LogP contribution in [0.2, 0.25) is 0 Å². The van der Waals surface area contributed by atoms with Crippen LogP contribution >= 0.6 is 0 Å². The molecule has 3 heteroatoms. The molecule has 1 heterocycles. The van der Waals surface area contributed by atoms with Gasteiger partial charge in [-0.25, -0.2) is 9.79 Å². The molecule has 12 heavy (non-hydrogen) atoms. The second-order valence-corrected chi connectivity index (χ2v) is 3.77. The van der Waals surface area contributed by atoms with Crippen LogP contribution in [0.5, 0.6) is 0 Å². The first-order valence-corrected chi connectivity index (χ1v) is 4.52. The first kappa shape index (κ1) is 7.96. The van der Waals surface area contributed by atoms with Crippen LogP contribution in [0.15, 0.2) is 4.99 Å². The lowest BCUT2D eigenvalue weighted by Gasteiger charge is -2.09. The van der Waals surface area contributed by atoms with Gasteiger partial charge in [0.15, 0.2) is 0 Å². The molecule has 0 aromatic carbocycles. The van der Waals surface area contributed by atoms with Gasteiger partial charge in [-0.2, -0.15) is 0 Å².